The van der Waals surface area contributed by atoms with E-state index in [0.29, 0.717) is 0 Å². The SMILES string of the molecule is C=C=C([C@H](NP(=O)(c1ccccc1)c1ccccc1)/C(C)=C/c1ccccc1)[Si](C)(C)C. The van der Waals surface area contributed by atoms with Gasteiger partial charge in [-0.25, -0.2) is 5.09 Å². The molecule has 0 radical (unpaired) electrons. The smallest absolute Gasteiger partial charge is 0.205 e. The lowest BCUT2D eigenvalue weighted by Crippen LogP contribution is -2.43. The van der Waals surface area contributed by atoms with Gasteiger partial charge in [0.2, 0.25) is 7.29 Å². The molecule has 3 aromatic rings. The first-order valence-electron chi connectivity index (χ1n) is 10.9. The zero-order valence-corrected chi connectivity index (χ0v) is 21.3. The van der Waals surface area contributed by atoms with Crippen molar-refractivity contribution in [2.24, 2.45) is 0 Å². The van der Waals surface area contributed by atoms with Gasteiger partial charge in [0.05, 0.1) is 14.1 Å². The fraction of sp³-hybridized carbons (Fsp3) is 0.179. The summed E-state index contributed by atoms with van der Waals surface area (Å²) in [6.07, 6.45) is 2.16. The lowest BCUT2D eigenvalue weighted by atomic mass is 10.1. The molecule has 0 spiro atoms. The van der Waals surface area contributed by atoms with Crippen LogP contribution in [0, 0.1) is 0 Å². The molecule has 0 saturated heterocycles. The number of hydrogen-bond donors (Lipinski definition) is 1. The third-order valence-electron chi connectivity index (χ3n) is 5.49. The summed E-state index contributed by atoms with van der Waals surface area (Å²) in [6.45, 7) is 13.0. The Bertz CT molecular complexity index is 1110. The van der Waals surface area contributed by atoms with Crippen molar-refractivity contribution in [3.05, 3.63) is 120 Å². The van der Waals surface area contributed by atoms with E-state index in [2.05, 4.69) is 62.2 Å². The van der Waals surface area contributed by atoms with Gasteiger partial charge in [-0.2, -0.15) is 0 Å². The molecule has 3 aromatic carbocycles. The molecule has 0 aliphatic rings. The van der Waals surface area contributed by atoms with Crippen LogP contribution in [0.25, 0.3) is 6.08 Å². The average molecular weight is 458 g/mol. The molecule has 1 N–H and O–H groups in total. The van der Waals surface area contributed by atoms with Crippen LogP contribution in [0.1, 0.15) is 12.5 Å². The number of rotatable bonds is 8. The number of nitrogens with one attached hydrogen (secondary N) is 1. The van der Waals surface area contributed by atoms with E-state index in [0.717, 1.165) is 26.9 Å². The quantitative estimate of drug-likeness (QED) is 0.236. The van der Waals surface area contributed by atoms with Crippen molar-refractivity contribution in [1.82, 2.24) is 5.09 Å². The highest BCUT2D eigenvalue weighted by atomic mass is 31.2. The number of hydrogen-bond acceptors (Lipinski definition) is 1. The Balaban J connectivity index is 2.18. The summed E-state index contributed by atoms with van der Waals surface area (Å²) in [5, 5.41) is 6.33. The Morgan fingerprint density at radius 3 is 1.72 bits per heavy atom. The summed E-state index contributed by atoms with van der Waals surface area (Å²) in [5.74, 6) is 0. The molecular weight excluding hydrogens is 425 g/mol. The van der Waals surface area contributed by atoms with E-state index in [4.69, 9.17) is 0 Å². The normalized spacial score (nSPS) is 13.3. The molecule has 3 rings (SSSR count). The van der Waals surface area contributed by atoms with E-state index in [1.807, 2.05) is 78.9 Å². The Morgan fingerprint density at radius 2 is 1.31 bits per heavy atom. The van der Waals surface area contributed by atoms with Crippen molar-refractivity contribution in [2.75, 3.05) is 0 Å². The second-order valence-electron chi connectivity index (χ2n) is 8.98. The van der Waals surface area contributed by atoms with Gasteiger partial charge in [0.25, 0.3) is 0 Å². The minimum Gasteiger partial charge on any atom is -0.296 e. The van der Waals surface area contributed by atoms with Gasteiger partial charge in [0.15, 0.2) is 0 Å². The zero-order chi connectivity index (χ0) is 23.2. The van der Waals surface area contributed by atoms with Crippen LogP contribution in [0.5, 0.6) is 0 Å². The summed E-state index contributed by atoms with van der Waals surface area (Å²) in [4.78, 5) is 0. The van der Waals surface area contributed by atoms with Crippen molar-refractivity contribution in [1.29, 1.82) is 0 Å². The van der Waals surface area contributed by atoms with Crippen molar-refractivity contribution < 1.29 is 4.57 Å². The first-order chi connectivity index (χ1) is 15.3. The van der Waals surface area contributed by atoms with E-state index in [1.54, 1.807) is 0 Å². The molecule has 0 aliphatic heterocycles. The van der Waals surface area contributed by atoms with Gasteiger partial charge < -0.3 is 0 Å². The first kappa shape index (κ1) is 24.0. The maximum absolute atomic E-state index is 14.7. The molecule has 0 aliphatic carbocycles. The fourth-order valence-corrected chi connectivity index (χ4v) is 8.14. The van der Waals surface area contributed by atoms with E-state index >= 15 is 0 Å². The maximum atomic E-state index is 14.7. The molecule has 0 amide bonds. The molecule has 0 heterocycles. The molecule has 2 nitrogen and oxygen atoms in total. The summed E-state index contributed by atoms with van der Waals surface area (Å²) in [5.41, 5.74) is 5.45. The molecule has 32 heavy (non-hydrogen) atoms. The Morgan fingerprint density at radius 1 is 0.875 bits per heavy atom. The van der Waals surface area contributed by atoms with Crippen LogP contribution >= 0.6 is 7.29 Å². The third kappa shape index (κ3) is 5.57. The highest BCUT2D eigenvalue weighted by Gasteiger charge is 2.35. The monoisotopic (exact) mass is 457 g/mol. The fourth-order valence-electron chi connectivity index (χ4n) is 3.85. The molecule has 0 unspecified atom stereocenters. The van der Waals surface area contributed by atoms with Crippen molar-refractivity contribution >= 4 is 32.1 Å². The molecule has 4 heteroatoms. The first-order valence-corrected chi connectivity index (χ1v) is 16.1. The Hall–Kier alpha value is -2.67. The van der Waals surface area contributed by atoms with Crippen molar-refractivity contribution in [3.8, 4) is 0 Å². The highest BCUT2D eigenvalue weighted by molar-refractivity contribution is 7.77. The average Bonchev–Trinajstić information content (AvgIpc) is 2.79. The zero-order valence-electron chi connectivity index (χ0n) is 19.4. The van der Waals surface area contributed by atoms with Crippen LogP contribution < -0.4 is 15.7 Å². The van der Waals surface area contributed by atoms with Gasteiger partial charge in [-0.3, -0.25) is 4.57 Å². The van der Waals surface area contributed by atoms with Crippen LogP contribution in [0.3, 0.4) is 0 Å². The van der Waals surface area contributed by atoms with Crippen LogP contribution in [-0.4, -0.2) is 14.1 Å². The van der Waals surface area contributed by atoms with E-state index in [-0.39, 0.29) is 6.04 Å². The molecular formula is C28H32NOPSi. The van der Waals surface area contributed by atoms with E-state index in [9.17, 15) is 4.57 Å². The van der Waals surface area contributed by atoms with Gasteiger partial charge >= 0.3 is 0 Å². The molecule has 1 atom stereocenters. The van der Waals surface area contributed by atoms with Crippen LogP contribution in [0.15, 0.2) is 114 Å². The van der Waals surface area contributed by atoms with Crippen LogP contribution in [0.2, 0.25) is 19.6 Å². The number of benzene rings is 3. The largest absolute Gasteiger partial charge is 0.296 e. The lowest BCUT2D eigenvalue weighted by Gasteiger charge is -2.33. The Labute approximate surface area is 193 Å². The van der Waals surface area contributed by atoms with E-state index < -0.39 is 15.4 Å². The molecule has 0 aromatic heterocycles. The molecule has 0 fully saturated rings. The van der Waals surface area contributed by atoms with Gasteiger partial charge in [-0.15, -0.1) is 5.73 Å². The minimum atomic E-state index is -3.13. The van der Waals surface area contributed by atoms with Crippen molar-refractivity contribution in [3.63, 3.8) is 0 Å². The summed E-state index contributed by atoms with van der Waals surface area (Å²) in [7, 11) is -4.95. The van der Waals surface area contributed by atoms with Gasteiger partial charge in [-0.05, 0) is 41.9 Å². The molecule has 0 bridgehead atoms. The third-order valence-corrected chi connectivity index (χ3v) is 10.2. The Kier molecular flexibility index (Phi) is 7.72. The topological polar surface area (TPSA) is 29.1 Å². The predicted molar refractivity (Wildman–Crippen MR) is 143 cm³/mol. The molecule has 164 valence electrons. The van der Waals surface area contributed by atoms with Gasteiger partial charge in [0.1, 0.15) is 0 Å². The second-order valence-corrected chi connectivity index (χ2v) is 16.5. The summed E-state index contributed by atoms with van der Waals surface area (Å²) in [6, 6.07) is 29.5. The standard InChI is InChI=1S/C28H32NOPSi/c1-6-27(32(3,4)5)28(23(2)22-24-16-10-7-11-17-24)29-31(30,25-18-12-8-13-19-25)26-20-14-9-15-21-26/h7-22,28H,1H2,2-5H3,(H,29,30)/b23-22+/t28-/m1/s1. The van der Waals surface area contributed by atoms with Gasteiger partial charge in [-0.1, -0.05) is 105 Å². The van der Waals surface area contributed by atoms with E-state index in [1.165, 1.54) is 0 Å². The summed E-state index contributed by atoms with van der Waals surface area (Å²) < 4.78 is 14.7. The summed E-state index contributed by atoms with van der Waals surface area (Å²) >= 11 is 0. The van der Waals surface area contributed by atoms with Crippen LogP contribution in [-0.2, 0) is 4.57 Å². The lowest BCUT2D eigenvalue weighted by molar-refractivity contribution is 0.575. The predicted octanol–water partition coefficient (Wildman–Crippen LogP) is 6.57. The maximum Gasteiger partial charge on any atom is 0.205 e. The molecule has 0 saturated carbocycles. The minimum absolute atomic E-state index is 0.231. The van der Waals surface area contributed by atoms with Gasteiger partial charge in [0, 0.05) is 10.6 Å². The highest BCUT2D eigenvalue weighted by Crippen LogP contribution is 2.42. The van der Waals surface area contributed by atoms with Crippen molar-refractivity contribution in [2.45, 2.75) is 32.6 Å². The van der Waals surface area contributed by atoms with Crippen LogP contribution in [0.4, 0.5) is 0 Å². The second kappa shape index (κ2) is 10.3.